The lowest BCUT2D eigenvalue weighted by Crippen LogP contribution is -2.45. The summed E-state index contributed by atoms with van der Waals surface area (Å²) in [5, 5.41) is 9.78. The molecule has 1 N–H and O–H groups in total. The molecule has 3 aromatic rings. The summed E-state index contributed by atoms with van der Waals surface area (Å²) in [5.74, 6) is -0.424. The van der Waals surface area contributed by atoms with Crippen molar-refractivity contribution in [3.05, 3.63) is 50.6 Å². The summed E-state index contributed by atoms with van der Waals surface area (Å²) in [5.41, 5.74) is 1.37. The van der Waals surface area contributed by atoms with E-state index in [0.29, 0.717) is 16.9 Å². The van der Waals surface area contributed by atoms with E-state index >= 15 is 0 Å². The minimum atomic E-state index is -0.424. The molecule has 1 aromatic carbocycles. The van der Waals surface area contributed by atoms with Gasteiger partial charge in [0.2, 0.25) is 0 Å². The molecule has 0 unspecified atom stereocenters. The molecular formula is C18H17FN6OS. The average Bonchev–Trinajstić information content (AvgIpc) is 3.13. The van der Waals surface area contributed by atoms with Gasteiger partial charge in [0.25, 0.3) is 5.56 Å². The Morgan fingerprint density at radius 3 is 2.81 bits per heavy atom. The molecule has 0 radical (unpaired) electrons. The van der Waals surface area contributed by atoms with Gasteiger partial charge in [0, 0.05) is 32.7 Å². The number of hydrogen-bond acceptors (Lipinski definition) is 7. The normalized spacial score (nSPS) is 15.2. The van der Waals surface area contributed by atoms with E-state index in [1.54, 1.807) is 19.2 Å². The van der Waals surface area contributed by atoms with Crippen LogP contribution >= 0.6 is 11.3 Å². The summed E-state index contributed by atoms with van der Waals surface area (Å²) < 4.78 is 14.4. The molecule has 2 aromatic heterocycles. The third-order valence-corrected chi connectivity index (χ3v) is 5.59. The number of aryl methyl sites for hydroxylation is 1. The third-order valence-electron chi connectivity index (χ3n) is 4.63. The number of fused-ring (bicyclic) bond motifs is 1. The third kappa shape index (κ3) is 3.54. The number of nitrogens with zero attached hydrogens (tertiary/aromatic N) is 5. The van der Waals surface area contributed by atoms with Crippen molar-refractivity contribution in [2.45, 2.75) is 13.5 Å². The van der Waals surface area contributed by atoms with Crippen molar-refractivity contribution in [1.82, 2.24) is 19.9 Å². The number of hydrogen-bond donors (Lipinski definition) is 1. The van der Waals surface area contributed by atoms with E-state index in [1.807, 2.05) is 0 Å². The SMILES string of the molecule is Cc1nc2c(F)cc(CN3CCN(c4ncc(C#N)s4)CC3)cc2[nH]c1=O. The first kappa shape index (κ1) is 17.6. The van der Waals surface area contributed by atoms with Crippen LogP contribution in [0.15, 0.2) is 23.1 Å². The van der Waals surface area contributed by atoms with Crippen molar-refractivity contribution >= 4 is 27.5 Å². The zero-order chi connectivity index (χ0) is 19.0. The highest BCUT2D eigenvalue weighted by molar-refractivity contribution is 7.16. The highest BCUT2D eigenvalue weighted by Crippen LogP contribution is 2.24. The quantitative estimate of drug-likeness (QED) is 0.743. The highest BCUT2D eigenvalue weighted by atomic mass is 32.1. The predicted molar refractivity (Wildman–Crippen MR) is 101 cm³/mol. The van der Waals surface area contributed by atoms with Crippen molar-refractivity contribution in [3.63, 3.8) is 0 Å². The minimum Gasteiger partial charge on any atom is -0.345 e. The van der Waals surface area contributed by atoms with Crippen LogP contribution in [-0.4, -0.2) is 46.0 Å². The molecular weight excluding hydrogens is 367 g/mol. The Labute approximate surface area is 158 Å². The van der Waals surface area contributed by atoms with Gasteiger partial charge in [0.15, 0.2) is 10.9 Å². The Morgan fingerprint density at radius 1 is 1.33 bits per heavy atom. The Bertz CT molecular complexity index is 1090. The van der Waals surface area contributed by atoms with Gasteiger partial charge in [-0.1, -0.05) is 11.3 Å². The molecule has 7 nitrogen and oxygen atoms in total. The second-order valence-corrected chi connectivity index (χ2v) is 7.52. The summed E-state index contributed by atoms with van der Waals surface area (Å²) >= 11 is 1.40. The van der Waals surface area contributed by atoms with Crippen LogP contribution in [0.25, 0.3) is 11.0 Å². The first-order chi connectivity index (χ1) is 13.0. The van der Waals surface area contributed by atoms with E-state index in [0.717, 1.165) is 36.9 Å². The van der Waals surface area contributed by atoms with E-state index in [1.165, 1.54) is 17.4 Å². The van der Waals surface area contributed by atoms with Crippen molar-refractivity contribution < 1.29 is 4.39 Å². The molecule has 0 spiro atoms. The van der Waals surface area contributed by atoms with Crippen LogP contribution in [0, 0.1) is 24.1 Å². The maximum absolute atomic E-state index is 14.4. The zero-order valence-electron chi connectivity index (χ0n) is 14.7. The Kier molecular flexibility index (Phi) is 4.59. The number of rotatable bonds is 3. The molecule has 138 valence electrons. The summed E-state index contributed by atoms with van der Waals surface area (Å²) in [4.78, 5) is 27.8. The van der Waals surface area contributed by atoms with E-state index in [9.17, 15) is 9.18 Å². The number of aromatic amines is 1. The van der Waals surface area contributed by atoms with Gasteiger partial charge in [0.05, 0.1) is 11.7 Å². The molecule has 9 heteroatoms. The molecule has 0 atom stereocenters. The van der Waals surface area contributed by atoms with Crippen LogP contribution in [0.1, 0.15) is 16.1 Å². The maximum atomic E-state index is 14.4. The average molecular weight is 384 g/mol. The summed E-state index contributed by atoms with van der Waals surface area (Å²) in [6.45, 7) is 5.37. The lowest BCUT2D eigenvalue weighted by molar-refractivity contribution is 0.249. The molecule has 3 heterocycles. The van der Waals surface area contributed by atoms with Gasteiger partial charge >= 0.3 is 0 Å². The number of anilines is 1. The van der Waals surface area contributed by atoms with E-state index in [2.05, 4.69) is 30.8 Å². The van der Waals surface area contributed by atoms with Gasteiger partial charge in [0.1, 0.15) is 22.2 Å². The monoisotopic (exact) mass is 384 g/mol. The van der Waals surface area contributed by atoms with E-state index < -0.39 is 5.82 Å². The van der Waals surface area contributed by atoms with Crippen molar-refractivity contribution in [2.75, 3.05) is 31.1 Å². The predicted octanol–water partition coefficient (Wildman–Crippen LogP) is 2.02. The fraction of sp³-hybridized carbons (Fsp3) is 0.333. The molecule has 1 aliphatic rings. The molecule has 27 heavy (non-hydrogen) atoms. The Morgan fingerprint density at radius 2 is 2.11 bits per heavy atom. The molecule has 4 rings (SSSR count). The van der Waals surface area contributed by atoms with Gasteiger partial charge < -0.3 is 9.88 Å². The number of halogens is 1. The largest absolute Gasteiger partial charge is 0.345 e. The zero-order valence-corrected chi connectivity index (χ0v) is 15.5. The minimum absolute atomic E-state index is 0.192. The highest BCUT2D eigenvalue weighted by Gasteiger charge is 2.20. The number of nitrogens with one attached hydrogen (secondary N) is 1. The second kappa shape index (κ2) is 7.06. The molecule has 1 aliphatic heterocycles. The van der Waals surface area contributed by atoms with Gasteiger partial charge in [-0.05, 0) is 24.6 Å². The van der Waals surface area contributed by atoms with Crippen LogP contribution in [0.4, 0.5) is 9.52 Å². The van der Waals surface area contributed by atoms with Gasteiger partial charge in [-0.15, -0.1) is 0 Å². The number of thiazole rings is 1. The van der Waals surface area contributed by atoms with Gasteiger partial charge in [-0.2, -0.15) is 5.26 Å². The molecule has 0 amide bonds. The molecule has 1 fully saturated rings. The van der Waals surface area contributed by atoms with Crippen LogP contribution in [0.3, 0.4) is 0 Å². The standard InChI is InChI=1S/C18H17FN6OS/c1-11-17(26)23-15-7-12(6-14(19)16(15)22-11)10-24-2-4-25(5-3-24)18-21-9-13(8-20)27-18/h6-7,9H,2-5,10H2,1H3,(H,23,26). The lowest BCUT2D eigenvalue weighted by Gasteiger charge is -2.34. The van der Waals surface area contributed by atoms with Crippen LogP contribution in [0.2, 0.25) is 0 Å². The van der Waals surface area contributed by atoms with Crippen molar-refractivity contribution in [3.8, 4) is 6.07 Å². The van der Waals surface area contributed by atoms with E-state index in [-0.39, 0.29) is 16.8 Å². The van der Waals surface area contributed by atoms with Crippen LogP contribution in [-0.2, 0) is 6.54 Å². The van der Waals surface area contributed by atoms with Crippen molar-refractivity contribution in [1.29, 1.82) is 5.26 Å². The molecule has 0 aliphatic carbocycles. The summed E-state index contributed by atoms with van der Waals surface area (Å²) in [7, 11) is 0. The Hall–Kier alpha value is -2.83. The first-order valence-corrected chi connectivity index (χ1v) is 9.37. The van der Waals surface area contributed by atoms with Gasteiger partial charge in [-0.25, -0.2) is 14.4 Å². The number of aromatic nitrogens is 3. The van der Waals surface area contributed by atoms with E-state index in [4.69, 9.17) is 5.26 Å². The topological polar surface area (TPSA) is 88.9 Å². The lowest BCUT2D eigenvalue weighted by atomic mass is 10.1. The smallest absolute Gasteiger partial charge is 0.269 e. The number of nitriles is 1. The second-order valence-electron chi connectivity index (χ2n) is 6.51. The molecule has 1 saturated heterocycles. The van der Waals surface area contributed by atoms with Crippen LogP contribution < -0.4 is 10.5 Å². The number of H-pyrrole nitrogens is 1. The summed E-state index contributed by atoms with van der Waals surface area (Å²) in [6, 6.07) is 5.38. The molecule has 0 bridgehead atoms. The number of piperazine rings is 1. The first-order valence-electron chi connectivity index (χ1n) is 8.56. The van der Waals surface area contributed by atoms with Gasteiger partial charge in [-0.3, -0.25) is 9.69 Å². The summed E-state index contributed by atoms with van der Waals surface area (Å²) in [6.07, 6.45) is 1.60. The van der Waals surface area contributed by atoms with Crippen molar-refractivity contribution in [2.24, 2.45) is 0 Å². The molecule has 0 saturated carbocycles. The van der Waals surface area contributed by atoms with Crippen LogP contribution in [0.5, 0.6) is 0 Å². The number of benzene rings is 1. The fourth-order valence-corrected chi connectivity index (χ4v) is 3.97. The Balaban J connectivity index is 1.46. The fourth-order valence-electron chi connectivity index (χ4n) is 3.20. The maximum Gasteiger partial charge on any atom is 0.269 e.